The maximum atomic E-state index is 12.4. The van der Waals surface area contributed by atoms with Gasteiger partial charge >= 0.3 is 6.36 Å². The zero-order valence-electron chi connectivity index (χ0n) is 18.3. The molecule has 5 nitrogen and oxygen atoms in total. The molecule has 0 saturated carbocycles. The Balaban J connectivity index is 1.79. The molecule has 0 spiro atoms. The Morgan fingerprint density at radius 1 is 0.906 bits per heavy atom. The van der Waals surface area contributed by atoms with Gasteiger partial charge in [-0.25, -0.2) is 9.97 Å². The van der Waals surface area contributed by atoms with Gasteiger partial charge in [-0.1, -0.05) is 38.1 Å². The van der Waals surface area contributed by atoms with Gasteiger partial charge in [0.2, 0.25) is 5.95 Å². The molecular weight excluding hydrogens is 419 g/mol. The maximum Gasteiger partial charge on any atom is 0.573 e. The molecule has 0 amide bonds. The van der Waals surface area contributed by atoms with Crippen molar-refractivity contribution in [2.24, 2.45) is 0 Å². The standard InChI is InChI=1S/C24H26F3N3O2/c1-4-18-13-28-23(29-14-18)30(15-17(2)20-7-11-21(31-3)12-8-20)16-19-5-9-22(10-6-19)32-24(25,26)27/h5-14,17H,4,15-16H2,1-3H3. The highest BCUT2D eigenvalue weighted by atomic mass is 19.4. The van der Waals surface area contributed by atoms with Gasteiger partial charge < -0.3 is 14.4 Å². The van der Waals surface area contributed by atoms with Gasteiger partial charge in [-0.3, -0.25) is 0 Å². The Morgan fingerprint density at radius 2 is 1.50 bits per heavy atom. The van der Waals surface area contributed by atoms with E-state index in [0.717, 1.165) is 28.9 Å². The fraction of sp³-hybridized carbons (Fsp3) is 0.333. The molecule has 32 heavy (non-hydrogen) atoms. The number of ether oxygens (including phenoxy) is 2. The van der Waals surface area contributed by atoms with E-state index in [4.69, 9.17) is 4.74 Å². The second-order valence-corrected chi connectivity index (χ2v) is 7.49. The lowest BCUT2D eigenvalue weighted by atomic mass is 10.0. The topological polar surface area (TPSA) is 47.5 Å². The molecule has 0 saturated heterocycles. The van der Waals surface area contributed by atoms with Crippen LogP contribution in [0.2, 0.25) is 0 Å². The molecule has 1 heterocycles. The summed E-state index contributed by atoms with van der Waals surface area (Å²) in [6.45, 7) is 5.21. The highest BCUT2D eigenvalue weighted by Gasteiger charge is 2.31. The quantitative estimate of drug-likeness (QED) is 0.419. The van der Waals surface area contributed by atoms with Gasteiger partial charge in [-0.05, 0) is 53.3 Å². The molecule has 2 aromatic carbocycles. The summed E-state index contributed by atoms with van der Waals surface area (Å²) in [4.78, 5) is 11.0. The van der Waals surface area contributed by atoms with Crippen LogP contribution in [0.15, 0.2) is 60.9 Å². The third-order valence-electron chi connectivity index (χ3n) is 5.09. The first-order valence-electron chi connectivity index (χ1n) is 10.3. The number of rotatable bonds is 9. The predicted molar refractivity (Wildman–Crippen MR) is 117 cm³/mol. The number of hydrogen-bond donors (Lipinski definition) is 0. The van der Waals surface area contributed by atoms with Crippen molar-refractivity contribution in [3.8, 4) is 11.5 Å². The van der Waals surface area contributed by atoms with E-state index in [-0.39, 0.29) is 11.7 Å². The van der Waals surface area contributed by atoms with Crippen molar-refractivity contribution in [3.05, 3.63) is 77.6 Å². The van der Waals surface area contributed by atoms with Crippen LogP contribution in [0.5, 0.6) is 11.5 Å². The monoisotopic (exact) mass is 445 g/mol. The lowest BCUT2D eigenvalue weighted by Gasteiger charge is -2.26. The minimum atomic E-state index is -4.71. The van der Waals surface area contributed by atoms with E-state index in [1.165, 1.54) is 12.1 Å². The second-order valence-electron chi connectivity index (χ2n) is 7.49. The molecule has 0 radical (unpaired) electrons. The molecular formula is C24H26F3N3O2. The third kappa shape index (κ3) is 6.60. The number of aromatic nitrogens is 2. The largest absolute Gasteiger partial charge is 0.573 e. The van der Waals surface area contributed by atoms with Crippen molar-refractivity contribution in [1.82, 2.24) is 9.97 Å². The van der Waals surface area contributed by atoms with Gasteiger partial charge in [-0.2, -0.15) is 0 Å². The Kier molecular flexibility index (Phi) is 7.56. The third-order valence-corrected chi connectivity index (χ3v) is 5.09. The summed E-state index contributed by atoms with van der Waals surface area (Å²) in [6.07, 6.45) is -0.277. The van der Waals surface area contributed by atoms with Gasteiger partial charge in [-0.15, -0.1) is 13.2 Å². The van der Waals surface area contributed by atoms with Crippen molar-refractivity contribution in [2.75, 3.05) is 18.6 Å². The number of methoxy groups -OCH3 is 1. The average Bonchev–Trinajstić information content (AvgIpc) is 2.79. The zero-order valence-corrected chi connectivity index (χ0v) is 18.3. The smallest absolute Gasteiger partial charge is 0.497 e. The summed E-state index contributed by atoms with van der Waals surface area (Å²) >= 11 is 0. The summed E-state index contributed by atoms with van der Waals surface area (Å²) in [5, 5.41) is 0. The molecule has 0 aliphatic heterocycles. The van der Waals surface area contributed by atoms with Crippen molar-refractivity contribution in [3.63, 3.8) is 0 Å². The van der Waals surface area contributed by atoms with Crippen LogP contribution in [0.1, 0.15) is 36.5 Å². The fourth-order valence-electron chi connectivity index (χ4n) is 3.30. The van der Waals surface area contributed by atoms with Crippen LogP contribution in [0.3, 0.4) is 0 Å². The highest BCUT2D eigenvalue weighted by Crippen LogP contribution is 2.25. The van der Waals surface area contributed by atoms with E-state index in [0.29, 0.717) is 19.0 Å². The molecule has 3 rings (SSSR count). The molecule has 1 aromatic heterocycles. The van der Waals surface area contributed by atoms with E-state index in [2.05, 4.69) is 21.6 Å². The van der Waals surface area contributed by atoms with Crippen molar-refractivity contribution in [1.29, 1.82) is 0 Å². The molecule has 3 aromatic rings. The molecule has 1 unspecified atom stereocenters. The van der Waals surface area contributed by atoms with Crippen LogP contribution in [0.4, 0.5) is 19.1 Å². The van der Waals surface area contributed by atoms with E-state index >= 15 is 0 Å². The van der Waals surface area contributed by atoms with Crippen molar-refractivity contribution in [2.45, 2.75) is 39.1 Å². The molecule has 8 heteroatoms. The Labute approximate surface area is 185 Å². The molecule has 0 bridgehead atoms. The predicted octanol–water partition coefficient (Wildman–Crippen LogP) is 5.76. The van der Waals surface area contributed by atoms with Gasteiger partial charge in [0.25, 0.3) is 0 Å². The summed E-state index contributed by atoms with van der Waals surface area (Å²) in [5.41, 5.74) is 2.99. The minimum absolute atomic E-state index is 0.156. The molecule has 170 valence electrons. The molecule has 0 fully saturated rings. The fourth-order valence-corrected chi connectivity index (χ4v) is 3.30. The van der Waals surface area contributed by atoms with Gasteiger partial charge in [0, 0.05) is 25.5 Å². The lowest BCUT2D eigenvalue weighted by Crippen LogP contribution is -2.29. The SMILES string of the molecule is CCc1cnc(N(Cc2ccc(OC(F)(F)F)cc2)CC(C)c2ccc(OC)cc2)nc1. The zero-order chi connectivity index (χ0) is 23.1. The van der Waals surface area contributed by atoms with E-state index in [1.54, 1.807) is 31.6 Å². The number of hydrogen-bond acceptors (Lipinski definition) is 5. The molecule has 0 aliphatic carbocycles. The first kappa shape index (κ1) is 23.4. The van der Waals surface area contributed by atoms with Crippen molar-refractivity contribution < 1.29 is 22.6 Å². The Hall–Kier alpha value is -3.29. The van der Waals surface area contributed by atoms with Crippen LogP contribution in [0.25, 0.3) is 0 Å². The average molecular weight is 445 g/mol. The normalized spacial score (nSPS) is 12.3. The van der Waals surface area contributed by atoms with Gasteiger partial charge in [0.1, 0.15) is 11.5 Å². The minimum Gasteiger partial charge on any atom is -0.497 e. The summed E-state index contributed by atoms with van der Waals surface area (Å²) in [7, 11) is 1.63. The number of anilines is 1. The summed E-state index contributed by atoms with van der Waals surface area (Å²) < 4.78 is 46.5. The Bertz CT molecular complexity index is 975. The van der Waals surface area contributed by atoms with E-state index in [1.807, 2.05) is 36.1 Å². The lowest BCUT2D eigenvalue weighted by molar-refractivity contribution is -0.274. The number of aryl methyl sites for hydroxylation is 1. The number of benzene rings is 2. The molecule has 0 aliphatic rings. The van der Waals surface area contributed by atoms with Crippen LogP contribution in [-0.4, -0.2) is 30.0 Å². The molecule has 0 N–H and O–H groups in total. The number of halogens is 3. The van der Waals surface area contributed by atoms with Crippen LogP contribution in [0, 0.1) is 0 Å². The highest BCUT2D eigenvalue weighted by molar-refractivity contribution is 5.37. The number of alkyl halides is 3. The number of nitrogens with zero attached hydrogens (tertiary/aromatic N) is 3. The van der Waals surface area contributed by atoms with Gasteiger partial charge in [0.15, 0.2) is 0 Å². The maximum absolute atomic E-state index is 12.4. The second kappa shape index (κ2) is 10.3. The van der Waals surface area contributed by atoms with Crippen LogP contribution >= 0.6 is 0 Å². The summed E-state index contributed by atoms with van der Waals surface area (Å²) in [6, 6.07) is 13.7. The van der Waals surface area contributed by atoms with Crippen LogP contribution in [-0.2, 0) is 13.0 Å². The Morgan fingerprint density at radius 3 is 2.03 bits per heavy atom. The van der Waals surface area contributed by atoms with E-state index in [9.17, 15) is 13.2 Å². The van der Waals surface area contributed by atoms with Crippen molar-refractivity contribution >= 4 is 5.95 Å². The van der Waals surface area contributed by atoms with Gasteiger partial charge in [0.05, 0.1) is 7.11 Å². The first-order chi connectivity index (χ1) is 15.3. The molecule has 1 atom stereocenters. The van der Waals surface area contributed by atoms with E-state index < -0.39 is 6.36 Å². The first-order valence-corrected chi connectivity index (χ1v) is 10.3. The van der Waals surface area contributed by atoms with Crippen LogP contribution < -0.4 is 14.4 Å². The summed E-state index contributed by atoms with van der Waals surface area (Å²) in [5.74, 6) is 1.27.